The zero-order valence-electron chi connectivity index (χ0n) is 20.5. The molecule has 9 nitrogen and oxygen atoms in total. The molecule has 0 aromatic heterocycles. The fourth-order valence-electron chi connectivity index (χ4n) is 5.06. The Kier molecular flexibility index (Phi) is 7.31. The number of fused-ring (bicyclic) bond motifs is 3. The Balaban J connectivity index is 1.20. The number of hydrogen-bond donors (Lipinski definition) is 0. The van der Waals surface area contributed by atoms with Crippen LogP contribution in [0.15, 0.2) is 71.6 Å². The number of carbonyl (C=O) groups is 1. The predicted octanol–water partition coefficient (Wildman–Crippen LogP) is 4.00. The highest BCUT2D eigenvalue weighted by Gasteiger charge is 2.30. The standard InChI is InChI=1S/C26H24F2N2O7S2/c27-38(32,33)20-14-18(13-19(15-20)37-39(28,34)35)16-29-9-11-30(12-10-29)26(31)36-17-25-23-7-3-1-5-21(23)22-6-2-4-8-24(22)25/h1-8,13-15,25H,9-12,16-17H2. The number of benzene rings is 3. The van der Waals surface area contributed by atoms with Crippen LogP contribution in [0.2, 0.25) is 0 Å². The summed E-state index contributed by atoms with van der Waals surface area (Å²) in [5.74, 6) is -0.727. The maximum absolute atomic E-state index is 13.6. The zero-order valence-corrected chi connectivity index (χ0v) is 22.1. The quantitative estimate of drug-likeness (QED) is 0.387. The van der Waals surface area contributed by atoms with Crippen molar-refractivity contribution in [3.8, 4) is 16.9 Å². The Morgan fingerprint density at radius 1 is 0.846 bits per heavy atom. The number of hydrogen-bond acceptors (Lipinski definition) is 8. The van der Waals surface area contributed by atoms with Crippen LogP contribution in [0.5, 0.6) is 5.75 Å². The molecule has 0 saturated carbocycles. The first-order valence-corrected chi connectivity index (χ1v) is 14.7. The maximum atomic E-state index is 13.6. The third-order valence-corrected chi connectivity index (χ3v) is 7.98. The normalized spacial score (nSPS) is 16.0. The second-order valence-corrected chi connectivity index (χ2v) is 11.6. The van der Waals surface area contributed by atoms with E-state index in [1.807, 2.05) is 41.3 Å². The van der Waals surface area contributed by atoms with Crippen LogP contribution in [0.1, 0.15) is 22.6 Å². The molecule has 3 aromatic rings. The van der Waals surface area contributed by atoms with Crippen LogP contribution in [0.3, 0.4) is 0 Å². The molecule has 3 aromatic carbocycles. The van der Waals surface area contributed by atoms with Crippen LogP contribution in [-0.4, -0.2) is 65.5 Å². The van der Waals surface area contributed by atoms with Gasteiger partial charge in [-0.2, -0.15) is 16.8 Å². The van der Waals surface area contributed by atoms with Gasteiger partial charge >= 0.3 is 26.8 Å². The summed E-state index contributed by atoms with van der Waals surface area (Å²) in [5, 5.41) is 0. The summed E-state index contributed by atoms with van der Waals surface area (Å²) in [6.45, 7) is 1.69. The molecule has 1 aliphatic heterocycles. The summed E-state index contributed by atoms with van der Waals surface area (Å²) < 4.78 is 80.8. The summed E-state index contributed by atoms with van der Waals surface area (Å²) >= 11 is 0. The summed E-state index contributed by atoms with van der Waals surface area (Å²) in [5.41, 5.74) is 4.67. The largest absolute Gasteiger partial charge is 0.488 e. The van der Waals surface area contributed by atoms with Crippen molar-refractivity contribution in [3.05, 3.63) is 83.4 Å². The van der Waals surface area contributed by atoms with Gasteiger partial charge < -0.3 is 13.8 Å². The predicted molar refractivity (Wildman–Crippen MR) is 137 cm³/mol. The highest BCUT2D eigenvalue weighted by atomic mass is 32.3. The van der Waals surface area contributed by atoms with Crippen LogP contribution >= 0.6 is 0 Å². The third kappa shape index (κ3) is 6.21. The van der Waals surface area contributed by atoms with Gasteiger partial charge in [0.15, 0.2) is 0 Å². The number of carbonyl (C=O) groups excluding carboxylic acids is 1. The van der Waals surface area contributed by atoms with Gasteiger partial charge in [0.05, 0.1) is 0 Å². The molecule has 1 amide bonds. The fraction of sp³-hybridized carbons (Fsp3) is 0.269. The number of amides is 1. The molecule has 0 bridgehead atoms. The number of nitrogens with zero attached hydrogens (tertiary/aromatic N) is 2. The highest BCUT2D eigenvalue weighted by Crippen LogP contribution is 2.44. The van der Waals surface area contributed by atoms with Crippen molar-refractivity contribution in [2.75, 3.05) is 32.8 Å². The van der Waals surface area contributed by atoms with Crippen molar-refractivity contribution in [2.45, 2.75) is 17.4 Å². The van der Waals surface area contributed by atoms with Crippen LogP contribution in [-0.2, 0) is 32.0 Å². The molecule has 1 aliphatic carbocycles. The van der Waals surface area contributed by atoms with Gasteiger partial charge in [-0.3, -0.25) is 4.90 Å². The van der Waals surface area contributed by atoms with Gasteiger partial charge in [0.25, 0.3) is 0 Å². The molecule has 5 rings (SSSR count). The molecule has 1 saturated heterocycles. The van der Waals surface area contributed by atoms with E-state index in [1.54, 1.807) is 4.90 Å². The van der Waals surface area contributed by atoms with Crippen LogP contribution < -0.4 is 4.18 Å². The first-order valence-electron chi connectivity index (χ1n) is 12.0. The molecule has 0 spiro atoms. The van der Waals surface area contributed by atoms with E-state index in [2.05, 4.69) is 16.3 Å². The highest BCUT2D eigenvalue weighted by molar-refractivity contribution is 7.86. The second kappa shape index (κ2) is 10.5. The van der Waals surface area contributed by atoms with Gasteiger partial charge in [-0.25, -0.2) is 4.79 Å². The van der Waals surface area contributed by atoms with Crippen LogP contribution in [0.4, 0.5) is 12.6 Å². The second-order valence-electron chi connectivity index (χ2n) is 9.29. The molecule has 0 N–H and O–H groups in total. The average Bonchev–Trinajstić information content (AvgIpc) is 3.20. The Morgan fingerprint density at radius 2 is 1.44 bits per heavy atom. The van der Waals surface area contributed by atoms with Gasteiger partial charge in [-0.05, 0) is 39.9 Å². The maximum Gasteiger partial charge on any atom is 0.488 e. The molecule has 2 aliphatic rings. The SMILES string of the molecule is O=C(OCC1c2ccccc2-c2ccccc21)N1CCN(Cc2cc(OS(=O)(=O)F)cc(S(=O)(=O)F)c2)CC1. The lowest BCUT2D eigenvalue weighted by Gasteiger charge is -2.34. The number of rotatable bonds is 7. The number of halogens is 2. The molecule has 0 atom stereocenters. The van der Waals surface area contributed by atoms with E-state index in [-0.39, 0.29) is 24.6 Å². The molecule has 206 valence electrons. The summed E-state index contributed by atoms with van der Waals surface area (Å²) in [6, 6.07) is 18.8. The van der Waals surface area contributed by atoms with E-state index in [4.69, 9.17) is 4.74 Å². The van der Waals surface area contributed by atoms with Crippen molar-refractivity contribution in [1.29, 1.82) is 0 Å². The molecule has 0 unspecified atom stereocenters. The van der Waals surface area contributed by atoms with Crippen molar-refractivity contribution >= 4 is 26.8 Å². The molecule has 39 heavy (non-hydrogen) atoms. The lowest BCUT2D eigenvalue weighted by Crippen LogP contribution is -2.48. The van der Waals surface area contributed by atoms with E-state index in [1.165, 1.54) is 0 Å². The first-order chi connectivity index (χ1) is 18.5. The Morgan fingerprint density at radius 3 is 2.00 bits per heavy atom. The van der Waals surface area contributed by atoms with Crippen LogP contribution in [0, 0.1) is 0 Å². The van der Waals surface area contributed by atoms with Crippen LogP contribution in [0.25, 0.3) is 11.1 Å². The Bertz CT molecular complexity index is 1580. The average molecular weight is 579 g/mol. The summed E-state index contributed by atoms with van der Waals surface area (Å²) in [7, 11) is -10.6. The molecule has 1 heterocycles. The van der Waals surface area contributed by atoms with E-state index in [0.29, 0.717) is 32.2 Å². The zero-order chi connectivity index (χ0) is 27.8. The Hall–Kier alpha value is -3.55. The monoisotopic (exact) mass is 578 g/mol. The van der Waals surface area contributed by atoms with Gasteiger partial charge in [0.2, 0.25) is 0 Å². The molecule has 1 fully saturated rings. The first kappa shape index (κ1) is 27.0. The lowest BCUT2D eigenvalue weighted by molar-refractivity contribution is 0.0728. The van der Waals surface area contributed by atoms with E-state index in [9.17, 15) is 29.4 Å². The van der Waals surface area contributed by atoms with Crippen molar-refractivity contribution in [3.63, 3.8) is 0 Å². The smallest absolute Gasteiger partial charge is 0.448 e. The van der Waals surface area contributed by atoms with Crippen molar-refractivity contribution in [1.82, 2.24) is 9.80 Å². The minimum absolute atomic E-state index is 0.0637. The molecular formula is C26H24F2N2O7S2. The van der Waals surface area contributed by atoms with E-state index >= 15 is 0 Å². The Labute approximate surface area is 225 Å². The van der Waals surface area contributed by atoms with Gasteiger partial charge in [0.1, 0.15) is 17.3 Å². The lowest BCUT2D eigenvalue weighted by atomic mass is 9.98. The number of piperazine rings is 1. The minimum Gasteiger partial charge on any atom is -0.448 e. The van der Waals surface area contributed by atoms with Gasteiger partial charge in [-0.1, -0.05) is 52.4 Å². The van der Waals surface area contributed by atoms with E-state index in [0.717, 1.165) is 34.4 Å². The molecule has 13 heteroatoms. The third-order valence-electron chi connectivity index (χ3n) is 6.79. The molecular weight excluding hydrogens is 554 g/mol. The summed E-state index contributed by atoms with van der Waals surface area (Å²) in [4.78, 5) is 15.4. The minimum atomic E-state index is -5.44. The number of ether oxygens (including phenoxy) is 1. The van der Waals surface area contributed by atoms with E-state index < -0.39 is 37.5 Å². The van der Waals surface area contributed by atoms with Crippen molar-refractivity contribution in [2.24, 2.45) is 0 Å². The summed E-state index contributed by atoms with van der Waals surface area (Å²) in [6.07, 6.45) is -0.453. The van der Waals surface area contributed by atoms with Gasteiger partial charge in [0, 0.05) is 44.7 Å². The van der Waals surface area contributed by atoms with Crippen molar-refractivity contribution < 1.29 is 38.3 Å². The fourth-order valence-corrected chi connectivity index (χ4v) is 5.93. The van der Waals surface area contributed by atoms with Gasteiger partial charge in [-0.15, -0.1) is 3.89 Å². The topological polar surface area (TPSA) is 110 Å². The molecule has 0 radical (unpaired) electrons.